The zero-order valence-electron chi connectivity index (χ0n) is 5.11. The predicted octanol–water partition coefficient (Wildman–Crippen LogP) is 0.106. The second-order valence-electron chi connectivity index (χ2n) is 1.14. The number of allylic oxidation sites excluding steroid dienone is 1. The molecule has 0 aliphatic carbocycles. The monoisotopic (exact) mass is 162 g/mol. The average Bonchev–Trinajstić information content (AvgIpc) is 1.61. The predicted molar refractivity (Wildman–Crippen MR) is 34.9 cm³/mol. The summed E-state index contributed by atoms with van der Waals surface area (Å²) in [6.45, 7) is 3.51. The van der Waals surface area contributed by atoms with Crippen molar-refractivity contribution in [2.45, 2.75) is 3.67 Å². The van der Waals surface area contributed by atoms with Crippen LogP contribution in [0.15, 0.2) is 12.7 Å². The van der Waals surface area contributed by atoms with Gasteiger partial charge in [-0.3, -0.25) is 9.11 Å². The van der Waals surface area contributed by atoms with Crippen LogP contribution in [0.25, 0.3) is 0 Å². The fourth-order valence-corrected chi connectivity index (χ4v) is 0. The number of hydrogen-bond donors (Lipinski definition) is 2. The van der Waals surface area contributed by atoms with Gasteiger partial charge in [0.05, 0.1) is 0 Å². The summed E-state index contributed by atoms with van der Waals surface area (Å²) in [6.07, 6.45) is 1.94. The molecule has 0 unspecified atom stereocenters. The third-order valence-corrected chi connectivity index (χ3v) is 0.866. The quantitative estimate of drug-likeness (QED) is 0.326. The van der Waals surface area contributed by atoms with E-state index in [4.69, 9.17) is 17.5 Å². The molecule has 4 nitrogen and oxygen atoms in total. The molecule has 9 heavy (non-hydrogen) atoms. The van der Waals surface area contributed by atoms with Gasteiger partial charge in [0.15, 0.2) is 0 Å². The van der Waals surface area contributed by atoms with Gasteiger partial charge in [0.2, 0.25) is 0 Å². The van der Waals surface area contributed by atoms with Gasteiger partial charge >= 0.3 is 54.7 Å². The average molecular weight is 162 g/mol. The van der Waals surface area contributed by atoms with Gasteiger partial charge in [-0.15, -0.1) is 0 Å². The van der Waals surface area contributed by atoms with Crippen molar-refractivity contribution in [3.05, 3.63) is 12.7 Å². The van der Waals surface area contributed by atoms with Gasteiger partial charge in [0, 0.05) is 0 Å². The van der Waals surface area contributed by atoms with E-state index in [1.54, 1.807) is 0 Å². The molecule has 0 bridgehead atoms. The van der Waals surface area contributed by atoms with Crippen molar-refractivity contribution in [1.29, 1.82) is 0 Å². The van der Waals surface area contributed by atoms with Crippen LogP contribution in [-0.4, -0.2) is 45.5 Å². The summed E-state index contributed by atoms with van der Waals surface area (Å²) < 4.78 is 32.8. The SMILES string of the molecule is C=C[CH2][Na].O=S(=O)(O)O. The van der Waals surface area contributed by atoms with Crippen LogP contribution in [0.3, 0.4) is 0 Å². The normalized spacial score (nSPS) is 9.33. The van der Waals surface area contributed by atoms with Gasteiger partial charge in [0.1, 0.15) is 0 Å². The fourth-order valence-electron chi connectivity index (χ4n) is 0. The minimum atomic E-state index is -4.67. The molecule has 0 radical (unpaired) electrons. The summed E-state index contributed by atoms with van der Waals surface area (Å²) in [5.41, 5.74) is 0. The Morgan fingerprint density at radius 2 is 1.67 bits per heavy atom. The van der Waals surface area contributed by atoms with Gasteiger partial charge in [-0.1, -0.05) is 0 Å². The van der Waals surface area contributed by atoms with Crippen molar-refractivity contribution in [3.63, 3.8) is 0 Å². The van der Waals surface area contributed by atoms with Crippen molar-refractivity contribution in [3.8, 4) is 0 Å². The Kier molecular flexibility index (Phi) is 9.19. The molecule has 0 aliphatic heterocycles. The van der Waals surface area contributed by atoms with E-state index in [1.807, 2.05) is 6.08 Å². The second-order valence-corrected chi connectivity index (χ2v) is 2.86. The smallest absolute Gasteiger partial charge is 0.264 e. The molecule has 0 aromatic carbocycles. The largest absolute Gasteiger partial charge is 0.394 e. The molecule has 0 rings (SSSR count). The van der Waals surface area contributed by atoms with Crippen LogP contribution in [0, 0.1) is 0 Å². The number of hydrogen-bond acceptors (Lipinski definition) is 2. The first kappa shape index (κ1) is 12.3. The topological polar surface area (TPSA) is 74.6 Å². The minimum absolute atomic E-state index is 1.22. The molecule has 0 heterocycles. The van der Waals surface area contributed by atoms with Crippen molar-refractivity contribution >= 4 is 38.3 Å². The Labute approximate surface area is 72.0 Å². The fraction of sp³-hybridized carbons (Fsp3) is 0.333. The second kappa shape index (κ2) is 6.73. The molecule has 0 aromatic heterocycles. The van der Waals surface area contributed by atoms with Crippen LogP contribution in [0.2, 0.25) is 3.67 Å². The maximum atomic E-state index is 8.74. The Morgan fingerprint density at radius 3 is 1.67 bits per heavy atom. The van der Waals surface area contributed by atoms with Crippen LogP contribution in [0.5, 0.6) is 0 Å². The Hall–Kier alpha value is 0.610. The zero-order valence-corrected chi connectivity index (χ0v) is 7.93. The molecular formula is C3H7NaO4S. The van der Waals surface area contributed by atoms with Gasteiger partial charge in [0.25, 0.3) is 0 Å². The Morgan fingerprint density at radius 1 is 1.56 bits per heavy atom. The molecule has 0 saturated heterocycles. The van der Waals surface area contributed by atoms with Crippen LogP contribution in [-0.2, 0) is 10.4 Å². The van der Waals surface area contributed by atoms with E-state index < -0.39 is 10.4 Å². The van der Waals surface area contributed by atoms with E-state index in [0.717, 1.165) is 0 Å². The molecule has 2 N–H and O–H groups in total. The summed E-state index contributed by atoms with van der Waals surface area (Å²) >= 11 is 1.27. The van der Waals surface area contributed by atoms with Crippen LogP contribution < -0.4 is 0 Å². The first-order chi connectivity index (χ1) is 3.91. The molecular weight excluding hydrogens is 155 g/mol. The maximum Gasteiger partial charge on any atom is 0.394 e. The third-order valence-electron chi connectivity index (χ3n) is 0.289. The first-order valence-electron chi connectivity index (χ1n) is 2.22. The molecule has 0 amide bonds. The molecule has 6 heteroatoms. The molecule has 0 saturated carbocycles. The van der Waals surface area contributed by atoms with Crippen molar-refractivity contribution in [1.82, 2.24) is 0 Å². The van der Waals surface area contributed by atoms with Gasteiger partial charge < -0.3 is 0 Å². The van der Waals surface area contributed by atoms with Crippen molar-refractivity contribution < 1.29 is 17.5 Å². The van der Waals surface area contributed by atoms with E-state index in [0.29, 0.717) is 0 Å². The standard InChI is InChI=1S/C3H5.Na.H2O4S/c1-3-2;;1-5(2,3)4/h3H,1-2H2;;(H2,1,2,3,4). The van der Waals surface area contributed by atoms with Crippen LogP contribution in [0.4, 0.5) is 0 Å². The van der Waals surface area contributed by atoms with Gasteiger partial charge in [-0.05, 0) is 0 Å². The minimum Gasteiger partial charge on any atom is -0.264 e. The molecule has 0 aliphatic rings. The van der Waals surface area contributed by atoms with Crippen LogP contribution in [0.1, 0.15) is 0 Å². The Bertz CT molecular complexity index is 141. The van der Waals surface area contributed by atoms with Crippen molar-refractivity contribution in [2.75, 3.05) is 0 Å². The summed E-state index contributed by atoms with van der Waals surface area (Å²) in [4.78, 5) is 0. The Balaban J connectivity index is 0. The summed E-state index contributed by atoms with van der Waals surface area (Å²) in [5.74, 6) is 0. The molecule has 50 valence electrons. The van der Waals surface area contributed by atoms with Crippen LogP contribution >= 0.6 is 0 Å². The summed E-state index contributed by atoms with van der Waals surface area (Å²) in [6, 6.07) is 0. The van der Waals surface area contributed by atoms with E-state index in [1.165, 1.54) is 31.6 Å². The van der Waals surface area contributed by atoms with Crippen molar-refractivity contribution in [2.24, 2.45) is 0 Å². The van der Waals surface area contributed by atoms with Gasteiger partial charge in [-0.2, -0.15) is 8.42 Å². The van der Waals surface area contributed by atoms with E-state index in [2.05, 4.69) is 6.58 Å². The zero-order chi connectivity index (χ0) is 7.91. The first-order valence-corrected chi connectivity index (χ1v) is 5.03. The molecule has 0 spiro atoms. The maximum absolute atomic E-state index is 8.74. The molecule has 0 atom stereocenters. The number of rotatable bonds is 1. The summed E-state index contributed by atoms with van der Waals surface area (Å²) in [7, 11) is -4.67. The van der Waals surface area contributed by atoms with E-state index in [-0.39, 0.29) is 0 Å². The van der Waals surface area contributed by atoms with E-state index >= 15 is 0 Å². The summed E-state index contributed by atoms with van der Waals surface area (Å²) in [5, 5.41) is 0. The van der Waals surface area contributed by atoms with Gasteiger partial charge in [-0.25, -0.2) is 0 Å². The van der Waals surface area contributed by atoms with E-state index in [9.17, 15) is 0 Å². The third kappa shape index (κ3) is 145. The molecule has 0 fully saturated rings. The molecule has 0 aromatic rings.